The molecule has 0 amide bonds. The molecule has 1 heterocycles. The van der Waals surface area contributed by atoms with Crippen molar-refractivity contribution in [3.63, 3.8) is 0 Å². The Kier molecular flexibility index (Phi) is 7.16. The Morgan fingerprint density at radius 1 is 1.24 bits per heavy atom. The molecule has 0 aliphatic carbocycles. The summed E-state index contributed by atoms with van der Waals surface area (Å²) in [5, 5.41) is 0. The van der Waals surface area contributed by atoms with Crippen LogP contribution in [0.15, 0.2) is 0 Å². The third kappa shape index (κ3) is 5.02. The molecule has 0 unspecified atom stereocenters. The van der Waals surface area contributed by atoms with Crippen molar-refractivity contribution < 1.29 is 19.0 Å². The van der Waals surface area contributed by atoms with Crippen LogP contribution in [0.2, 0.25) is 0 Å². The van der Waals surface area contributed by atoms with Crippen LogP contribution in [0.1, 0.15) is 19.3 Å². The zero-order valence-electron chi connectivity index (χ0n) is 10.8. The van der Waals surface area contributed by atoms with Gasteiger partial charge in [0.25, 0.3) is 0 Å². The van der Waals surface area contributed by atoms with Gasteiger partial charge in [-0.25, -0.2) is 0 Å². The quantitative estimate of drug-likeness (QED) is 0.487. The largest absolute Gasteiger partial charge is 0.468 e. The van der Waals surface area contributed by atoms with E-state index < -0.39 is 0 Å². The van der Waals surface area contributed by atoms with Crippen LogP contribution >= 0.6 is 0 Å². The van der Waals surface area contributed by atoms with Crippen LogP contribution in [0, 0.1) is 0 Å². The van der Waals surface area contributed by atoms with E-state index in [0.717, 1.165) is 32.4 Å². The van der Waals surface area contributed by atoms with Crippen LogP contribution in [0.4, 0.5) is 0 Å². The van der Waals surface area contributed by atoms with Crippen molar-refractivity contribution in [3.05, 3.63) is 0 Å². The van der Waals surface area contributed by atoms with E-state index in [0.29, 0.717) is 19.8 Å². The van der Waals surface area contributed by atoms with Crippen LogP contribution in [-0.2, 0) is 19.0 Å². The number of esters is 1. The predicted molar refractivity (Wildman–Crippen MR) is 63.9 cm³/mol. The predicted octanol–water partition coefficient (Wildman–Crippen LogP) is 0.677. The molecule has 0 N–H and O–H groups in total. The fourth-order valence-corrected chi connectivity index (χ4v) is 2.09. The molecule has 100 valence electrons. The highest BCUT2D eigenvalue weighted by molar-refractivity contribution is 5.75. The number of nitrogens with zero attached hydrogens (tertiary/aromatic N) is 1. The van der Waals surface area contributed by atoms with Crippen LogP contribution in [0.25, 0.3) is 0 Å². The van der Waals surface area contributed by atoms with Gasteiger partial charge in [0.15, 0.2) is 0 Å². The normalized spacial score (nSPS) is 21.4. The van der Waals surface area contributed by atoms with E-state index in [1.165, 1.54) is 7.11 Å². The minimum Gasteiger partial charge on any atom is -0.468 e. The molecule has 0 aromatic rings. The molecule has 0 aromatic carbocycles. The minimum atomic E-state index is -0.124. The lowest BCUT2D eigenvalue weighted by atomic mass is 10.0. The van der Waals surface area contributed by atoms with E-state index in [-0.39, 0.29) is 12.0 Å². The molecule has 1 fully saturated rings. The van der Waals surface area contributed by atoms with Crippen LogP contribution in [-0.4, -0.2) is 64.0 Å². The fraction of sp³-hybridized carbons (Fsp3) is 0.917. The van der Waals surface area contributed by atoms with Crippen molar-refractivity contribution in [1.82, 2.24) is 4.90 Å². The maximum absolute atomic E-state index is 11.6. The average Bonchev–Trinajstić information content (AvgIpc) is 2.38. The summed E-state index contributed by atoms with van der Waals surface area (Å²) in [7, 11) is 3.10. The van der Waals surface area contributed by atoms with Gasteiger partial charge in [-0.1, -0.05) is 6.42 Å². The number of methoxy groups -OCH3 is 2. The van der Waals surface area contributed by atoms with Crippen molar-refractivity contribution in [3.8, 4) is 0 Å². The SMILES string of the molecule is COCCOCCN1CCCC[C@@H]1C(=O)OC. The first-order chi connectivity index (χ1) is 8.29. The van der Waals surface area contributed by atoms with Gasteiger partial charge in [0.1, 0.15) is 6.04 Å². The second kappa shape index (κ2) is 8.44. The molecular formula is C12H23NO4. The van der Waals surface area contributed by atoms with Gasteiger partial charge in [-0.05, 0) is 19.4 Å². The first-order valence-electron chi connectivity index (χ1n) is 6.18. The number of hydrogen-bond donors (Lipinski definition) is 0. The molecule has 0 bridgehead atoms. The van der Waals surface area contributed by atoms with Gasteiger partial charge in [-0.3, -0.25) is 9.69 Å². The lowest BCUT2D eigenvalue weighted by molar-refractivity contribution is -0.148. The van der Waals surface area contributed by atoms with Gasteiger partial charge in [0.05, 0.1) is 26.9 Å². The van der Waals surface area contributed by atoms with Gasteiger partial charge < -0.3 is 14.2 Å². The number of hydrogen-bond acceptors (Lipinski definition) is 5. The van der Waals surface area contributed by atoms with Gasteiger partial charge in [-0.2, -0.15) is 0 Å². The summed E-state index contributed by atoms with van der Waals surface area (Å²) in [5.41, 5.74) is 0. The number of rotatable bonds is 7. The van der Waals surface area contributed by atoms with Crippen molar-refractivity contribution in [2.75, 3.05) is 47.1 Å². The van der Waals surface area contributed by atoms with Gasteiger partial charge in [0, 0.05) is 13.7 Å². The van der Waals surface area contributed by atoms with E-state index in [1.807, 2.05) is 0 Å². The standard InChI is InChI=1S/C12H23NO4/c1-15-9-10-17-8-7-13-6-4-3-5-11(13)12(14)16-2/h11H,3-10H2,1-2H3/t11-/m1/s1. The topological polar surface area (TPSA) is 48.0 Å². The molecule has 1 saturated heterocycles. The molecule has 1 rings (SSSR count). The van der Waals surface area contributed by atoms with E-state index in [4.69, 9.17) is 14.2 Å². The van der Waals surface area contributed by atoms with E-state index in [2.05, 4.69) is 4.90 Å². The number of likely N-dealkylation sites (tertiary alicyclic amines) is 1. The van der Waals surface area contributed by atoms with E-state index >= 15 is 0 Å². The summed E-state index contributed by atoms with van der Waals surface area (Å²) in [4.78, 5) is 13.7. The lowest BCUT2D eigenvalue weighted by Gasteiger charge is -2.33. The Labute approximate surface area is 103 Å². The van der Waals surface area contributed by atoms with E-state index in [1.54, 1.807) is 7.11 Å². The lowest BCUT2D eigenvalue weighted by Crippen LogP contribution is -2.46. The molecule has 0 aromatic heterocycles. The molecule has 0 saturated carbocycles. The molecular weight excluding hydrogens is 222 g/mol. The molecule has 1 atom stereocenters. The summed E-state index contributed by atoms with van der Waals surface area (Å²) in [6.45, 7) is 3.58. The van der Waals surface area contributed by atoms with E-state index in [9.17, 15) is 4.79 Å². The molecule has 0 spiro atoms. The summed E-state index contributed by atoms with van der Waals surface area (Å²) in [6.07, 6.45) is 3.14. The van der Waals surface area contributed by atoms with Crippen LogP contribution in [0.5, 0.6) is 0 Å². The minimum absolute atomic E-state index is 0.0835. The Hall–Kier alpha value is -0.650. The Balaban J connectivity index is 2.25. The number of carbonyl (C=O) groups excluding carboxylic acids is 1. The number of ether oxygens (including phenoxy) is 3. The zero-order valence-corrected chi connectivity index (χ0v) is 10.8. The van der Waals surface area contributed by atoms with Gasteiger partial charge in [-0.15, -0.1) is 0 Å². The van der Waals surface area contributed by atoms with Gasteiger partial charge in [0.2, 0.25) is 0 Å². The number of carbonyl (C=O) groups is 1. The second-order valence-corrected chi connectivity index (χ2v) is 4.18. The average molecular weight is 245 g/mol. The summed E-state index contributed by atoms with van der Waals surface area (Å²) >= 11 is 0. The highest BCUT2D eigenvalue weighted by atomic mass is 16.5. The number of piperidine rings is 1. The first-order valence-corrected chi connectivity index (χ1v) is 6.18. The monoisotopic (exact) mass is 245 g/mol. The molecule has 1 aliphatic rings. The summed E-state index contributed by atoms with van der Waals surface area (Å²) in [5.74, 6) is -0.124. The van der Waals surface area contributed by atoms with Gasteiger partial charge >= 0.3 is 5.97 Å². The maximum Gasteiger partial charge on any atom is 0.323 e. The second-order valence-electron chi connectivity index (χ2n) is 4.18. The zero-order chi connectivity index (χ0) is 12.5. The van der Waals surface area contributed by atoms with Crippen molar-refractivity contribution in [2.45, 2.75) is 25.3 Å². The highest BCUT2D eigenvalue weighted by Crippen LogP contribution is 2.17. The summed E-state index contributed by atoms with van der Waals surface area (Å²) < 4.78 is 15.1. The Bertz CT molecular complexity index is 223. The smallest absolute Gasteiger partial charge is 0.323 e. The first kappa shape index (κ1) is 14.4. The molecule has 1 aliphatic heterocycles. The van der Waals surface area contributed by atoms with Crippen LogP contribution in [0.3, 0.4) is 0 Å². The molecule has 0 radical (unpaired) electrons. The molecule has 5 heteroatoms. The van der Waals surface area contributed by atoms with Crippen molar-refractivity contribution in [2.24, 2.45) is 0 Å². The highest BCUT2D eigenvalue weighted by Gasteiger charge is 2.28. The summed E-state index contributed by atoms with van der Waals surface area (Å²) in [6, 6.07) is -0.0835. The molecule has 5 nitrogen and oxygen atoms in total. The third-order valence-corrected chi connectivity index (χ3v) is 3.04. The molecule has 17 heavy (non-hydrogen) atoms. The van der Waals surface area contributed by atoms with Crippen molar-refractivity contribution in [1.29, 1.82) is 0 Å². The van der Waals surface area contributed by atoms with Crippen LogP contribution < -0.4 is 0 Å². The Morgan fingerprint density at radius 3 is 2.76 bits per heavy atom. The Morgan fingerprint density at radius 2 is 2.06 bits per heavy atom. The third-order valence-electron chi connectivity index (χ3n) is 3.04. The fourth-order valence-electron chi connectivity index (χ4n) is 2.09. The maximum atomic E-state index is 11.6. The van der Waals surface area contributed by atoms with Crippen molar-refractivity contribution >= 4 is 5.97 Å².